The molecule has 0 unspecified atom stereocenters. The largest absolute Gasteiger partial charge is 0.497 e. The smallest absolute Gasteiger partial charge is 0.324 e. The Bertz CT molecular complexity index is 1600. The molecule has 9 nitrogen and oxygen atoms in total. The summed E-state index contributed by atoms with van der Waals surface area (Å²) in [4.78, 5) is 26.3. The minimum atomic E-state index is -4.27. The second-order valence-corrected chi connectivity index (χ2v) is 11.4. The van der Waals surface area contributed by atoms with Crippen LogP contribution in [0.5, 0.6) is 11.5 Å². The van der Waals surface area contributed by atoms with Crippen molar-refractivity contribution < 1.29 is 32.2 Å². The highest BCUT2D eigenvalue weighted by molar-refractivity contribution is 7.89. The van der Waals surface area contributed by atoms with Crippen molar-refractivity contribution in [3.8, 4) is 11.5 Å². The molecule has 0 fully saturated rings. The van der Waals surface area contributed by atoms with Crippen molar-refractivity contribution in [1.29, 1.82) is 0 Å². The van der Waals surface area contributed by atoms with Crippen LogP contribution in [0, 0.1) is 0 Å². The van der Waals surface area contributed by atoms with Gasteiger partial charge in [0.05, 0.1) is 20.3 Å². The van der Waals surface area contributed by atoms with Crippen molar-refractivity contribution in [3.63, 3.8) is 0 Å². The van der Waals surface area contributed by atoms with Crippen LogP contribution in [0.1, 0.15) is 21.5 Å². The molecular formula is C33H34N2O7S. The lowest BCUT2D eigenvalue weighted by molar-refractivity contribution is -0.146. The number of sulfonamides is 1. The Kier molecular flexibility index (Phi) is 10.9. The number of carbonyl (C=O) groups excluding carboxylic acids is 2. The van der Waals surface area contributed by atoms with Gasteiger partial charge in [-0.3, -0.25) is 9.59 Å². The first-order chi connectivity index (χ1) is 20.8. The standard InChI is InChI=1S/C33H34N2O7S/c1-40-28-18-19-30(41-2)31(22-28)43(38,39)35-29(21-25-14-8-4-9-15-25)33(37)42-23-27(20-24-12-6-3-7-13-24)34-32(36)26-16-10-5-11-17-26/h3-19,22,27,29,35H,20-21,23H2,1-2H3,(H,34,36)/t27-,29-/m1/s1. The normalized spacial score (nSPS) is 12.5. The molecule has 0 aliphatic rings. The third-order valence-corrected chi connectivity index (χ3v) is 8.14. The Morgan fingerprint density at radius 2 is 1.33 bits per heavy atom. The molecule has 0 spiro atoms. The fourth-order valence-electron chi connectivity index (χ4n) is 4.46. The quantitative estimate of drug-likeness (QED) is 0.208. The molecule has 4 aromatic rings. The minimum Gasteiger partial charge on any atom is -0.497 e. The van der Waals surface area contributed by atoms with Crippen molar-refractivity contribution in [2.45, 2.75) is 29.8 Å². The predicted octanol–water partition coefficient (Wildman–Crippen LogP) is 4.18. The first-order valence-electron chi connectivity index (χ1n) is 13.6. The third kappa shape index (κ3) is 8.91. The lowest BCUT2D eigenvalue weighted by atomic mass is 10.1. The molecule has 0 heterocycles. The van der Waals surface area contributed by atoms with E-state index in [1.807, 2.05) is 42.5 Å². The SMILES string of the molecule is COc1ccc(OC)c(S(=O)(=O)N[C@H](Cc2ccccc2)C(=O)OC[C@@H](Cc2ccccc2)NC(=O)c2ccccc2)c1. The molecule has 43 heavy (non-hydrogen) atoms. The Hall–Kier alpha value is -4.67. The van der Waals surface area contributed by atoms with E-state index in [4.69, 9.17) is 14.2 Å². The number of hydrogen-bond donors (Lipinski definition) is 2. The van der Waals surface area contributed by atoms with Crippen molar-refractivity contribution in [3.05, 3.63) is 126 Å². The summed E-state index contributed by atoms with van der Waals surface area (Å²) in [7, 11) is -1.49. The van der Waals surface area contributed by atoms with Crippen molar-refractivity contribution in [2.24, 2.45) is 0 Å². The summed E-state index contributed by atoms with van der Waals surface area (Å²) in [5.41, 5.74) is 2.13. The number of methoxy groups -OCH3 is 2. The zero-order valence-corrected chi connectivity index (χ0v) is 24.8. The zero-order valence-electron chi connectivity index (χ0n) is 23.9. The van der Waals surface area contributed by atoms with E-state index in [1.165, 1.54) is 26.4 Å². The molecule has 0 saturated carbocycles. The Labute approximate surface area is 251 Å². The lowest BCUT2D eigenvalue weighted by Crippen LogP contribution is -2.46. The van der Waals surface area contributed by atoms with Gasteiger partial charge in [-0.1, -0.05) is 78.9 Å². The van der Waals surface area contributed by atoms with E-state index in [0.717, 1.165) is 11.1 Å². The molecule has 224 valence electrons. The van der Waals surface area contributed by atoms with E-state index in [0.29, 0.717) is 17.7 Å². The molecule has 0 aromatic heterocycles. The van der Waals surface area contributed by atoms with E-state index in [-0.39, 0.29) is 29.6 Å². The van der Waals surface area contributed by atoms with Crippen LogP contribution in [-0.4, -0.2) is 53.2 Å². The van der Waals surface area contributed by atoms with Gasteiger partial charge in [0.2, 0.25) is 10.0 Å². The highest BCUT2D eigenvalue weighted by atomic mass is 32.2. The van der Waals surface area contributed by atoms with E-state index in [1.54, 1.807) is 54.6 Å². The number of nitrogens with one attached hydrogen (secondary N) is 2. The van der Waals surface area contributed by atoms with Gasteiger partial charge in [-0.25, -0.2) is 8.42 Å². The molecule has 0 radical (unpaired) electrons. The second-order valence-electron chi connectivity index (χ2n) is 9.74. The average Bonchev–Trinajstić information content (AvgIpc) is 3.04. The molecule has 0 aliphatic heterocycles. The van der Waals surface area contributed by atoms with Gasteiger partial charge < -0.3 is 19.5 Å². The summed E-state index contributed by atoms with van der Waals surface area (Å²) in [6.45, 7) is -0.179. The molecule has 10 heteroatoms. The summed E-state index contributed by atoms with van der Waals surface area (Å²) >= 11 is 0. The summed E-state index contributed by atoms with van der Waals surface area (Å²) in [6, 6.07) is 29.7. The van der Waals surface area contributed by atoms with E-state index in [2.05, 4.69) is 10.0 Å². The molecule has 4 aromatic carbocycles. The fourth-order valence-corrected chi connectivity index (χ4v) is 5.83. The van der Waals surface area contributed by atoms with Crippen LogP contribution in [0.25, 0.3) is 0 Å². The first kappa shape index (κ1) is 31.3. The van der Waals surface area contributed by atoms with Crippen molar-refractivity contribution in [1.82, 2.24) is 10.0 Å². The van der Waals surface area contributed by atoms with Crippen LogP contribution in [0.15, 0.2) is 114 Å². The maximum absolute atomic E-state index is 13.6. The highest BCUT2D eigenvalue weighted by Crippen LogP contribution is 2.28. The van der Waals surface area contributed by atoms with Gasteiger partial charge in [-0.15, -0.1) is 0 Å². The highest BCUT2D eigenvalue weighted by Gasteiger charge is 2.30. The van der Waals surface area contributed by atoms with E-state index in [9.17, 15) is 18.0 Å². The first-order valence-corrected chi connectivity index (χ1v) is 15.1. The summed E-state index contributed by atoms with van der Waals surface area (Å²) in [5, 5.41) is 2.94. The monoisotopic (exact) mass is 602 g/mol. The number of benzene rings is 4. The van der Waals surface area contributed by atoms with Gasteiger partial charge in [0.1, 0.15) is 29.0 Å². The fraction of sp³-hybridized carbons (Fsp3) is 0.212. The molecular weight excluding hydrogens is 568 g/mol. The predicted molar refractivity (Wildman–Crippen MR) is 163 cm³/mol. The number of amides is 1. The summed E-state index contributed by atoms with van der Waals surface area (Å²) in [6.07, 6.45) is 0.424. The maximum atomic E-state index is 13.6. The van der Waals surface area contributed by atoms with Gasteiger partial charge in [-0.05, 0) is 48.2 Å². The third-order valence-electron chi connectivity index (χ3n) is 6.65. The molecule has 0 bridgehead atoms. The molecule has 0 aliphatic carbocycles. The second kappa shape index (κ2) is 15.0. The van der Waals surface area contributed by atoms with Crippen LogP contribution < -0.4 is 19.5 Å². The van der Waals surface area contributed by atoms with Gasteiger partial charge in [0, 0.05) is 11.6 Å². The van der Waals surface area contributed by atoms with Crippen LogP contribution in [-0.2, 0) is 32.4 Å². The van der Waals surface area contributed by atoms with Crippen molar-refractivity contribution in [2.75, 3.05) is 20.8 Å². The van der Waals surface area contributed by atoms with Gasteiger partial charge in [-0.2, -0.15) is 4.72 Å². The molecule has 4 rings (SSSR count). The molecule has 0 saturated heterocycles. The Balaban J connectivity index is 1.56. The molecule has 2 atom stereocenters. The van der Waals surface area contributed by atoms with Crippen LogP contribution in [0.2, 0.25) is 0 Å². The van der Waals surface area contributed by atoms with Crippen LogP contribution in [0.3, 0.4) is 0 Å². The number of hydrogen-bond acceptors (Lipinski definition) is 7. The Morgan fingerprint density at radius 3 is 1.91 bits per heavy atom. The molecule has 2 N–H and O–H groups in total. The van der Waals surface area contributed by atoms with Crippen LogP contribution in [0.4, 0.5) is 0 Å². The number of carbonyl (C=O) groups is 2. The number of esters is 1. The number of ether oxygens (including phenoxy) is 3. The van der Waals surface area contributed by atoms with Gasteiger partial charge >= 0.3 is 5.97 Å². The van der Waals surface area contributed by atoms with E-state index < -0.39 is 28.1 Å². The van der Waals surface area contributed by atoms with Crippen molar-refractivity contribution >= 4 is 21.9 Å². The maximum Gasteiger partial charge on any atom is 0.324 e. The average molecular weight is 603 g/mol. The summed E-state index contributed by atoms with van der Waals surface area (Å²) < 4.78 is 45.8. The lowest BCUT2D eigenvalue weighted by Gasteiger charge is -2.22. The Morgan fingerprint density at radius 1 is 0.744 bits per heavy atom. The summed E-state index contributed by atoms with van der Waals surface area (Å²) in [5.74, 6) is -0.710. The van der Waals surface area contributed by atoms with E-state index >= 15 is 0 Å². The van der Waals surface area contributed by atoms with Gasteiger partial charge in [0.15, 0.2) is 0 Å². The topological polar surface area (TPSA) is 120 Å². The van der Waals surface area contributed by atoms with Gasteiger partial charge in [0.25, 0.3) is 5.91 Å². The number of rotatable bonds is 14. The van der Waals surface area contributed by atoms with Crippen LogP contribution >= 0.6 is 0 Å². The minimum absolute atomic E-state index is 0.0327. The molecule has 1 amide bonds. The zero-order chi connectivity index (χ0) is 30.7.